The van der Waals surface area contributed by atoms with Gasteiger partial charge < -0.3 is 14.4 Å². The maximum absolute atomic E-state index is 12.8. The molecule has 2 aromatic rings. The SMILES string of the molecule is O=C([C@H]1COc2ccccc2O1)N1CCc2ccc([N+](=O)[O-])cc21. The smallest absolute Gasteiger partial charge is 0.271 e. The normalized spacial score (nSPS) is 18.2. The fourth-order valence-corrected chi connectivity index (χ4v) is 3.03. The fraction of sp³-hybridized carbons (Fsp3) is 0.235. The first-order chi connectivity index (χ1) is 11.6. The molecule has 0 N–H and O–H groups in total. The highest BCUT2D eigenvalue weighted by molar-refractivity contribution is 5.99. The quantitative estimate of drug-likeness (QED) is 0.625. The van der Waals surface area contributed by atoms with E-state index in [1.165, 1.54) is 12.1 Å². The molecule has 0 saturated carbocycles. The van der Waals surface area contributed by atoms with E-state index in [0.29, 0.717) is 30.2 Å². The molecule has 4 rings (SSSR count). The number of benzene rings is 2. The van der Waals surface area contributed by atoms with Gasteiger partial charge in [-0.2, -0.15) is 0 Å². The van der Waals surface area contributed by atoms with Gasteiger partial charge in [-0.15, -0.1) is 0 Å². The third kappa shape index (κ3) is 2.34. The van der Waals surface area contributed by atoms with Crippen LogP contribution in [0.2, 0.25) is 0 Å². The van der Waals surface area contributed by atoms with Crippen LogP contribution in [0.3, 0.4) is 0 Å². The molecule has 0 spiro atoms. The second kappa shape index (κ2) is 5.52. The lowest BCUT2D eigenvalue weighted by molar-refractivity contribution is -0.384. The van der Waals surface area contributed by atoms with E-state index in [2.05, 4.69) is 0 Å². The van der Waals surface area contributed by atoms with Crippen molar-refractivity contribution < 1.29 is 19.2 Å². The lowest BCUT2D eigenvalue weighted by Gasteiger charge is -2.28. The van der Waals surface area contributed by atoms with E-state index in [1.54, 1.807) is 23.1 Å². The van der Waals surface area contributed by atoms with Crippen LogP contribution in [0, 0.1) is 10.1 Å². The molecule has 0 saturated heterocycles. The summed E-state index contributed by atoms with van der Waals surface area (Å²) in [6, 6.07) is 11.8. The van der Waals surface area contributed by atoms with Crippen molar-refractivity contribution in [2.24, 2.45) is 0 Å². The molecule has 2 heterocycles. The molecule has 2 aromatic carbocycles. The van der Waals surface area contributed by atoms with Gasteiger partial charge in [0.15, 0.2) is 11.5 Å². The number of fused-ring (bicyclic) bond motifs is 2. The predicted octanol–water partition coefficient (Wildman–Crippen LogP) is 2.32. The van der Waals surface area contributed by atoms with Crippen LogP contribution in [-0.2, 0) is 11.2 Å². The lowest BCUT2D eigenvalue weighted by Crippen LogP contribution is -2.46. The van der Waals surface area contributed by atoms with Gasteiger partial charge in [0.2, 0.25) is 6.10 Å². The average Bonchev–Trinajstić information content (AvgIpc) is 3.03. The van der Waals surface area contributed by atoms with Crippen LogP contribution in [0.1, 0.15) is 5.56 Å². The monoisotopic (exact) mass is 326 g/mol. The van der Waals surface area contributed by atoms with Crippen LogP contribution < -0.4 is 14.4 Å². The number of ether oxygens (including phenoxy) is 2. The molecule has 0 fully saturated rings. The highest BCUT2D eigenvalue weighted by Gasteiger charge is 2.35. The van der Waals surface area contributed by atoms with Crippen LogP contribution in [0.5, 0.6) is 11.5 Å². The summed E-state index contributed by atoms with van der Waals surface area (Å²) in [6.07, 6.45) is -0.0893. The molecular weight excluding hydrogens is 312 g/mol. The van der Waals surface area contributed by atoms with Crippen LogP contribution in [0.25, 0.3) is 0 Å². The molecule has 24 heavy (non-hydrogen) atoms. The van der Waals surface area contributed by atoms with Gasteiger partial charge >= 0.3 is 0 Å². The number of rotatable bonds is 2. The van der Waals surface area contributed by atoms with E-state index >= 15 is 0 Å². The summed E-state index contributed by atoms with van der Waals surface area (Å²) in [5, 5.41) is 11.0. The minimum absolute atomic E-state index is 0.0281. The van der Waals surface area contributed by atoms with Crippen molar-refractivity contribution in [1.29, 1.82) is 0 Å². The van der Waals surface area contributed by atoms with Crippen molar-refractivity contribution in [3.8, 4) is 11.5 Å². The van der Waals surface area contributed by atoms with Crippen molar-refractivity contribution in [2.75, 3.05) is 18.1 Å². The Morgan fingerprint density at radius 2 is 2.00 bits per heavy atom. The first-order valence-electron chi connectivity index (χ1n) is 7.60. The maximum Gasteiger partial charge on any atom is 0.271 e. The first-order valence-corrected chi connectivity index (χ1v) is 7.60. The predicted molar refractivity (Wildman–Crippen MR) is 85.5 cm³/mol. The Bertz CT molecular complexity index is 835. The Labute approximate surface area is 137 Å². The third-order valence-corrected chi connectivity index (χ3v) is 4.23. The zero-order valence-corrected chi connectivity index (χ0v) is 12.7. The van der Waals surface area contributed by atoms with Gasteiger partial charge in [-0.1, -0.05) is 18.2 Å². The summed E-state index contributed by atoms with van der Waals surface area (Å²) in [6.45, 7) is 0.605. The summed E-state index contributed by atoms with van der Waals surface area (Å²) in [5.41, 5.74) is 1.47. The standard InChI is InChI=1S/C17H14N2O5/c20-17(16-10-23-14-3-1-2-4-15(14)24-16)18-8-7-11-5-6-12(19(21)22)9-13(11)18/h1-6,9,16H,7-8,10H2/t16-/m1/s1. The summed E-state index contributed by atoms with van der Waals surface area (Å²) in [4.78, 5) is 24.9. The molecule has 0 unspecified atom stereocenters. The topological polar surface area (TPSA) is 81.9 Å². The Morgan fingerprint density at radius 3 is 2.79 bits per heavy atom. The number of nitrogens with zero attached hydrogens (tertiary/aromatic N) is 2. The summed E-state index contributed by atoms with van der Waals surface area (Å²) < 4.78 is 11.3. The Morgan fingerprint density at radius 1 is 1.21 bits per heavy atom. The van der Waals surface area contributed by atoms with Crippen molar-refractivity contribution in [2.45, 2.75) is 12.5 Å². The summed E-state index contributed by atoms with van der Waals surface area (Å²) in [7, 11) is 0. The number of para-hydroxylation sites is 2. The van der Waals surface area contributed by atoms with Gasteiger partial charge in [-0.3, -0.25) is 14.9 Å². The summed E-state index contributed by atoms with van der Waals surface area (Å²) in [5.74, 6) is 0.892. The number of anilines is 1. The van der Waals surface area contributed by atoms with Crippen molar-refractivity contribution in [1.82, 2.24) is 0 Å². The van der Waals surface area contributed by atoms with Gasteiger partial charge in [0, 0.05) is 18.7 Å². The van der Waals surface area contributed by atoms with E-state index in [0.717, 1.165) is 5.56 Å². The van der Waals surface area contributed by atoms with Crippen LogP contribution in [0.4, 0.5) is 11.4 Å². The number of carbonyl (C=O) groups excluding carboxylic acids is 1. The Kier molecular flexibility index (Phi) is 3.34. The molecule has 7 nitrogen and oxygen atoms in total. The van der Waals surface area contributed by atoms with Gasteiger partial charge in [0.1, 0.15) is 6.61 Å². The number of carbonyl (C=O) groups is 1. The number of hydrogen-bond donors (Lipinski definition) is 0. The third-order valence-electron chi connectivity index (χ3n) is 4.23. The van der Waals surface area contributed by atoms with Crippen LogP contribution in [0.15, 0.2) is 42.5 Å². The molecule has 0 bridgehead atoms. The molecule has 2 aliphatic heterocycles. The van der Waals surface area contributed by atoms with E-state index in [1.807, 2.05) is 12.1 Å². The first kappa shape index (κ1) is 14.5. The highest BCUT2D eigenvalue weighted by Crippen LogP contribution is 2.35. The Hall–Kier alpha value is -3.09. The van der Waals surface area contributed by atoms with Crippen molar-refractivity contribution in [3.63, 3.8) is 0 Å². The van der Waals surface area contributed by atoms with Gasteiger partial charge in [-0.25, -0.2) is 0 Å². The van der Waals surface area contributed by atoms with Gasteiger partial charge in [0.25, 0.3) is 11.6 Å². The number of non-ortho nitro benzene ring substituents is 1. The molecule has 1 amide bonds. The minimum atomic E-state index is -0.759. The highest BCUT2D eigenvalue weighted by atomic mass is 16.6. The molecule has 122 valence electrons. The minimum Gasteiger partial charge on any atom is -0.485 e. The summed E-state index contributed by atoms with van der Waals surface area (Å²) >= 11 is 0. The molecule has 7 heteroatoms. The van der Waals surface area contributed by atoms with Crippen molar-refractivity contribution in [3.05, 3.63) is 58.1 Å². The van der Waals surface area contributed by atoms with Crippen LogP contribution >= 0.6 is 0 Å². The van der Waals surface area contributed by atoms with E-state index in [9.17, 15) is 14.9 Å². The number of nitro benzene ring substituents is 1. The lowest BCUT2D eigenvalue weighted by atomic mass is 10.1. The molecule has 0 aromatic heterocycles. The number of nitro groups is 1. The molecule has 0 radical (unpaired) electrons. The number of amides is 1. The van der Waals surface area contributed by atoms with E-state index in [4.69, 9.17) is 9.47 Å². The molecule has 2 aliphatic rings. The fourth-order valence-electron chi connectivity index (χ4n) is 3.03. The second-order valence-corrected chi connectivity index (χ2v) is 5.67. The molecular formula is C17H14N2O5. The van der Waals surface area contributed by atoms with Gasteiger partial charge in [-0.05, 0) is 24.1 Å². The zero-order chi connectivity index (χ0) is 16.7. The van der Waals surface area contributed by atoms with E-state index in [-0.39, 0.29) is 18.2 Å². The zero-order valence-electron chi connectivity index (χ0n) is 12.7. The van der Waals surface area contributed by atoms with Gasteiger partial charge in [0.05, 0.1) is 10.6 Å². The largest absolute Gasteiger partial charge is 0.485 e. The van der Waals surface area contributed by atoms with Crippen LogP contribution in [-0.4, -0.2) is 30.1 Å². The second-order valence-electron chi connectivity index (χ2n) is 5.67. The van der Waals surface area contributed by atoms with E-state index < -0.39 is 11.0 Å². The molecule has 1 atom stereocenters. The maximum atomic E-state index is 12.8. The number of hydrogen-bond acceptors (Lipinski definition) is 5. The van der Waals surface area contributed by atoms with Crippen molar-refractivity contribution >= 4 is 17.3 Å². The Balaban J connectivity index is 1.59. The average molecular weight is 326 g/mol. The molecule has 0 aliphatic carbocycles.